The molecular weight excluding hydrogens is 236 g/mol. The van der Waals surface area contributed by atoms with E-state index in [4.69, 9.17) is 10.5 Å². The lowest BCUT2D eigenvalue weighted by atomic mass is 10.3. The topological polar surface area (TPSA) is 96.7 Å². The molecule has 0 saturated carbocycles. The van der Waals surface area contributed by atoms with Crippen LogP contribution in [0.1, 0.15) is 6.92 Å². The number of morpholine rings is 1. The highest BCUT2D eigenvalue weighted by Crippen LogP contribution is 1.98. The molecule has 4 N–H and O–H groups in total. The number of hydrogen-bond acceptors (Lipinski definition) is 5. The highest BCUT2D eigenvalue weighted by molar-refractivity contribution is 6.35. The van der Waals surface area contributed by atoms with Gasteiger partial charge in [0.05, 0.1) is 13.2 Å². The van der Waals surface area contributed by atoms with E-state index in [-0.39, 0.29) is 6.04 Å². The van der Waals surface area contributed by atoms with E-state index in [2.05, 4.69) is 15.5 Å². The summed E-state index contributed by atoms with van der Waals surface area (Å²) < 4.78 is 5.24. The van der Waals surface area contributed by atoms with E-state index >= 15 is 0 Å². The van der Waals surface area contributed by atoms with Crippen molar-refractivity contribution in [3.63, 3.8) is 0 Å². The zero-order chi connectivity index (χ0) is 13.4. The number of ether oxygens (including phenoxy) is 1. The average Bonchev–Trinajstić information content (AvgIpc) is 2.36. The number of nitrogens with two attached hydrogens (primary N) is 1. The molecule has 0 bridgehead atoms. The molecule has 1 saturated heterocycles. The number of nitrogens with zero attached hydrogens (tertiary/aromatic N) is 1. The minimum absolute atomic E-state index is 0.0702. The monoisotopic (exact) mass is 258 g/mol. The third-order valence-electron chi connectivity index (χ3n) is 2.65. The van der Waals surface area contributed by atoms with Crippen LogP contribution in [-0.4, -0.2) is 68.7 Å². The SMILES string of the molecule is CC(CN1CCOCC1)NC(=O)C(=O)NCCN. The molecule has 0 aromatic carbocycles. The van der Waals surface area contributed by atoms with Crippen LogP contribution in [0.15, 0.2) is 0 Å². The quantitative estimate of drug-likeness (QED) is 0.491. The Morgan fingerprint density at radius 2 is 2.00 bits per heavy atom. The van der Waals surface area contributed by atoms with Crippen molar-refractivity contribution in [1.82, 2.24) is 15.5 Å². The number of hydrogen-bond donors (Lipinski definition) is 3. The van der Waals surface area contributed by atoms with Crippen molar-refractivity contribution in [2.75, 3.05) is 45.9 Å². The van der Waals surface area contributed by atoms with Gasteiger partial charge in [0.1, 0.15) is 0 Å². The third-order valence-corrected chi connectivity index (χ3v) is 2.65. The maximum atomic E-state index is 11.5. The van der Waals surface area contributed by atoms with Gasteiger partial charge in [-0.3, -0.25) is 14.5 Å². The van der Waals surface area contributed by atoms with Crippen molar-refractivity contribution >= 4 is 11.8 Å². The summed E-state index contributed by atoms with van der Waals surface area (Å²) in [7, 11) is 0. The van der Waals surface area contributed by atoms with Crippen LogP contribution in [0.2, 0.25) is 0 Å². The van der Waals surface area contributed by atoms with Gasteiger partial charge >= 0.3 is 11.8 Å². The molecule has 18 heavy (non-hydrogen) atoms. The first-order valence-corrected chi connectivity index (χ1v) is 6.22. The summed E-state index contributed by atoms with van der Waals surface area (Å²) in [5, 5.41) is 5.09. The second-order valence-electron chi connectivity index (χ2n) is 4.33. The van der Waals surface area contributed by atoms with Crippen LogP contribution in [0.4, 0.5) is 0 Å². The number of amides is 2. The standard InChI is InChI=1S/C11H22N4O3/c1-9(8-15-4-6-18-7-5-15)14-11(17)10(16)13-3-2-12/h9H,2-8,12H2,1H3,(H,13,16)(H,14,17). The van der Waals surface area contributed by atoms with Crippen LogP contribution in [0, 0.1) is 0 Å². The van der Waals surface area contributed by atoms with Crippen LogP contribution in [0.25, 0.3) is 0 Å². The fraction of sp³-hybridized carbons (Fsp3) is 0.818. The first-order chi connectivity index (χ1) is 8.63. The summed E-state index contributed by atoms with van der Waals surface area (Å²) in [6, 6.07) is -0.0702. The largest absolute Gasteiger partial charge is 0.379 e. The van der Waals surface area contributed by atoms with E-state index in [1.54, 1.807) is 0 Å². The summed E-state index contributed by atoms with van der Waals surface area (Å²) in [4.78, 5) is 25.0. The van der Waals surface area contributed by atoms with Gasteiger partial charge in [-0.05, 0) is 6.92 Å². The summed E-state index contributed by atoms with van der Waals surface area (Å²) >= 11 is 0. The van der Waals surface area contributed by atoms with Crippen molar-refractivity contribution in [3.8, 4) is 0 Å². The predicted molar refractivity (Wildman–Crippen MR) is 66.9 cm³/mol. The third kappa shape index (κ3) is 5.44. The number of carbonyl (C=O) groups excluding carboxylic acids is 2. The maximum Gasteiger partial charge on any atom is 0.309 e. The molecule has 104 valence electrons. The molecule has 1 atom stereocenters. The lowest BCUT2D eigenvalue weighted by molar-refractivity contribution is -0.139. The molecule has 0 spiro atoms. The van der Waals surface area contributed by atoms with Gasteiger partial charge in [0.15, 0.2) is 0 Å². The molecule has 0 aliphatic carbocycles. The van der Waals surface area contributed by atoms with Crippen molar-refractivity contribution < 1.29 is 14.3 Å². The van der Waals surface area contributed by atoms with E-state index in [1.807, 2.05) is 6.92 Å². The van der Waals surface area contributed by atoms with Gasteiger partial charge in [0.25, 0.3) is 0 Å². The Labute approximate surface area is 107 Å². The van der Waals surface area contributed by atoms with Crippen molar-refractivity contribution in [3.05, 3.63) is 0 Å². The summed E-state index contributed by atoms with van der Waals surface area (Å²) in [6.45, 7) is 6.39. The maximum absolute atomic E-state index is 11.5. The summed E-state index contributed by atoms with van der Waals surface area (Å²) in [5.74, 6) is -1.24. The molecule has 2 amide bonds. The number of nitrogens with one attached hydrogen (secondary N) is 2. The fourth-order valence-corrected chi connectivity index (χ4v) is 1.77. The molecular formula is C11H22N4O3. The van der Waals surface area contributed by atoms with Gasteiger partial charge in [-0.2, -0.15) is 0 Å². The fourth-order valence-electron chi connectivity index (χ4n) is 1.77. The molecule has 0 aromatic heterocycles. The Kier molecular flexibility index (Phi) is 6.63. The van der Waals surface area contributed by atoms with Crippen LogP contribution >= 0.6 is 0 Å². The lowest BCUT2D eigenvalue weighted by Gasteiger charge is -2.29. The molecule has 1 unspecified atom stereocenters. The Bertz CT molecular complexity index is 279. The molecule has 1 aliphatic heterocycles. The molecule has 1 fully saturated rings. The molecule has 0 radical (unpaired) electrons. The minimum atomic E-state index is -0.630. The van der Waals surface area contributed by atoms with Gasteiger partial charge < -0.3 is 21.1 Å². The molecule has 0 aromatic rings. The second kappa shape index (κ2) is 8.02. The average molecular weight is 258 g/mol. The zero-order valence-corrected chi connectivity index (χ0v) is 10.8. The molecule has 7 nitrogen and oxygen atoms in total. The Hall–Kier alpha value is -1.18. The second-order valence-corrected chi connectivity index (χ2v) is 4.33. The van der Waals surface area contributed by atoms with Crippen molar-refractivity contribution in [2.24, 2.45) is 5.73 Å². The number of rotatable bonds is 5. The summed E-state index contributed by atoms with van der Waals surface area (Å²) in [5.41, 5.74) is 5.24. The Balaban J connectivity index is 2.23. The molecule has 1 aliphatic rings. The van der Waals surface area contributed by atoms with Crippen LogP contribution in [0.3, 0.4) is 0 Å². The molecule has 1 rings (SSSR count). The van der Waals surface area contributed by atoms with Crippen molar-refractivity contribution in [2.45, 2.75) is 13.0 Å². The summed E-state index contributed by atoms with van der Waals surface area (Å²) in [6.07, 6.45) is 0. The van der Waals surface area contributed by atoms with Gasteiger partial charge in [0.2, 0.25) is 0 Å². The molecule has 7 heteroatoms. The smallest absolute Gasteiger partial charge is 0.309 e. The normalized spacial score (nSPS) is 18.1. The lowest BCUT2D eigenvalue weighted by Crippen LogP contribution is -2.49. The first kappa shape index (κ1) is 14.9. The predicted octanol–water partition coefficient (Wildman–Crippen LogP) is -2.10. The van der Waals surface area contributed by atoms with Gasteiger partial charge in [-0.25, -0.2) is 0 Å². The van der Waals surface area contributed by atoms with Gasteiger partial charge in [-0.15, -0.1) is 0 Å². The van der Waals surface area contributed by atoms with Crippen molar-refractivity contribution in [1.29, 1.82) is 0 Å². The highest BCUT2D eigenvalue weighted by Gasteiger charge is 2.18. The highest BCUT2D eigenvalue weighted by atomic mass is 16.5. The Morgan fingerprint density at radius 1 is 1.33 bits per heavy atom. The Morgan fingerprint density at radius 3 is 2.61 bits per heavy atom. The number of carbonyl (C=O) groups is 2. The van der Waals surface area contributed by atoms with E-state index in [0.29, 0.717) is 13.1 Å². The van der Waals surface area contributed by atoms with E-state index in [0.717, 1.165) is 32.8 Å². The van der Waals surface area contributed by atoms with Gasteiger partial charge in [0, 0.05) is 38.8 Å². The van der Waals surface area contributed by atoms with Gasteiger partial charge in [-0.1, -0.05) is 0 Å². The van der Waals surface area contributed by atoms with E-state index in [1.165, 1.54) is 0 Å². The van der Waals surface area contributed by atoms with Crippen LogP contribution in [0.5, 0.6) is 0 Å². The zero-order valence-electron chi connectivity index (χ0n) is 10.8. The van der Waals surface area contributed by atoms with E-state index in [9.17, 15) is 9.59 Å². The molecule has 1 heterocycles. The van der Waals surface area contributed by atoms with E-state index < -0.39 is 11.8 Å². The minimum Gasteiger partial charge on any atom is -0.379 e. The first-order valence-electron chi connectivity index (χ1n) is 6.22. The van der Waals surface area contributed by atoms with Crippen LogP contribution < -0.4 is 16.4 Å². The van der Waals surface area contributed by atoms with Crippen LogP contribution in [-0.2, 0) is 14.3 Å².